The van der Waals surface area contributed by atoms with E-state index in [9.17, 15) is 17.6 Å². The quantitative estimate of drug-likeness (QED) is 0.209. The molecule has 1 aliphatic rings. The van der Waals surface area contributed by atoms with Gasteiger partial charge in [-0.3, -0.25) is 18.4 Å². The number of amides is 1. The van der Waals surface area contributed by atoms with Crippen LogP contribution in [0.1, 0.15) is 16.2 Å². The van der Waals surface area contributed by atoms with Gasteiger partial charge < -0.3 is 14.5 Å². The van der Waals surface area contributed by atoms with Crippen LogP contribution in [0.5, 0.6) is 0 Å². The first-order chi connectivity index (χ1) is 24.9. The Balaban J connectivity index is 1.40. The Morgan fingerprint density at radius 2 is 1.71 bits per heavy atom. The summed E-state index contributed by atoms with van der Waals surface area (Å²) in [5.74, 6) is -2.25. The largest absolute Gasteiger partial charge is 0.455 e. The number of carbonyl (C=O) groups is 1. The number of nitrogens with one attached hydrogen (secondary N) is 1. The summed E-state index contributed by atoms with van der Waals surface area (Å²) in [6.45, 7) is 3.10. The molecule has 0 saturated carbocycles. The Labute approximate surface area is 295 Å². The molecule has 4 aromatic heterocycles. The maximum atomic E-state index is 15.2. The van der Waals surface area contributed by atoms with E-state index in [1.54, 1.807) is 30.3 Å². The maximum Gasteiger partial charge on any atom is 0.255 e. The molecular weight excluding hydrogens is 698 g/mol. The molecule has 52 heavy (non-hydrogen) atoms. The standard InChI is InChI=1S/C37H31F3N6O5S/c1-41-37(47)34-24-16-23(30(44(2)52(3,48)49)18-32(24)51-36(34)21-8-7-20(38)15-26(21)40)27-9-10-28-35(43-27)31-17-22-25(39)5-4-6-29(22)46(31)33(42-28)19-45-11-13-50-14-12-45/h4-10,15-18H,11-14,19H2,1-3H3,(H,41,47). The molecule has 8 rings (SSSR count). The molecule has 15 heteroatoms. The fourth-order valence-corrected chi connectivity index (χ4v) is 7.28. The molecule has 1 fully saturated rings. The normalized spacial score (nSPS) is 14.2. The zero-order chi connectivity index (χ0) is 36.5. The van der Waals surface area contributed by atoms with E-state index in [1.165, 1.54) is 32.3 Å². The molecule has 0 spiro atoms. The van der Waals surface area contributed by atoms with Crippen molar-refractivity contribution in [3.8, 4) is 22.6 Å². The Hall–Kier alpha value is -5.51. The number of anilines is 1. The van der Waals surface area contributed by atoms with Crippen molar-refractivity contribution in [2.45, 2.75) is 6.54 Å². The molecule has 11 nitrogen and oxygen atoms in total. The Morgan fingerprint density at radius 1 is 0.923 bits per heavy atom. The van der Waals surface area contributed by atoms with Crippen LogP contribution >= 0.6 is 0 Å². The first-order valence-electron chi connectivity index (χ1n) is 16.3. The van der Waals surface area contributed by atoms with Gasteiger partial charge in [-0.25, -0.2) is 31.6 Å². The number of halogens is 3. The van der Waals surface area contributed by atoms with E-state index in [0.29, 0.717) is 83.4 Å². The van der Waals surface area contributed by atoms with Gasteiger partial charge in [0.2, 0.25) is 10.0 Å². The molecule has 1 amide bonds. The van der Waals surface area contributed by atoms with Crippen molar-refractivity contribution in [1.82, 2.24) is 24.6 Å². The summed E-state index contributed by atoms with van der Waals surface area (Å²) in [6, 6.07) is 15.9. The number of pyridine rings is 1. The predicted octanol–water partition coefficient (Wildman–Crippen LogP) is 6.12. The van der Waals surface area contributed by atoms with Crippen LogP contribution in [-0.4, -0.2) is 80.2 Å². The minimum absolute atomic E-state index is 0.0382. The van der Waals surface area contributed by atoms with Gasteiger partial charge in [-0.15, -0.1) is 0 Å². The average molecular weight is 729 g/mol. The molecular formula is C37H31F3N6O5S. The lowest BCUT2D eigenvalue weighted by atomic mass is 10.0. The number of sulfonamides is 1. The maximum absolute atomic E-state index is 15.2. The van der Waals surface area contributed by atoms with E-state index >= 15 is 8.78 Å². The summed E-state index contributed by atoms with van der Waals surface area (Å²) in [5, 5.41) is 3.17. The smallest absolute Gasteiger partial charge is 0.255 e. The average Bonchev–Trinajstić information content (AvgIpc) is 3.70. The number of furan rings is 1. The van der Waals surface area contributed by atoms with Crippen molar-refractivity contribution < 1.29 is 35.5 Å². The highest BCUT2D eigenvalue weighted by molar-refractivity contribution is 7.92. The molecule has 3 aromatic carbocycles. The van der Waals surface area contributed by atoms with Crippen molar-refractivity contribution >= 4 is 60.0 Å². The molecule has 5 heterocycles. The lowest BCUT2D eigenvalue weighted by Crippen LogP contribution is -2.36. The Kier molecular flexibility index (Phi) is 8.16. The highest BCUT2D eigenvalue weighted by atomic mass is 32.2. The zero-order valence-corrected chi connectivity index (χ0v) is 29.0. The topological polar surface area (TPSA) is 122 Å². The molecule has 1 saturated heterocycles. The summed E-state index contributed by atoms with van der Waals surface area (Å²) in [6.07, 6.45) is 1.04. The number of fused-ring (bicyclic) bond motifs is 6. The van der Waals surface area contributed by atoms with Crippen LogP contribution in [0, 0.1) is 17.5 Å². The second-order valence-corrected chi connectivity index (χ2v) is 14.6. The summed E-state index contributed by atoms with van der Waals surface area (Å²) in [4.78, 5) is 25.6. The summed E-state index contributed by atoms with van der Waals surface area (Å²) in [5.41, 5.74) is 2.83. The molecule has 0 aliphatic carbocycles. The summed E-state index contributed by atoms with van der Waals surface area (Å²) >= 11 is 0. The first kappa shape index (κ1) is 33.6. The van der Waals surface area contributed by atoms with Gasteiger partial charge >= 0.3 is 0 Å². The van der Waals surface area contributed by atoms with Gasteiger partial charge in [0.1, 0.15) is 34.4 Å². The SMILES string of the molecule is CNC(=O)c1c(-c2ccc(F)cc2F)oc2cc(N(C)S(C)(=O)=O)c(-c3ccc4nc(CN5CCOCC5)n5c6cccc(F)c6cc5c4n3)cc12. The Bertz CT molecular complexity index is 2710. The molecule has 7 aromatic rings. The second kappa shape index (κ2) is 12.6. The predicted molar refractivity (Wildman–Crippen MR) is 191 cm³/mol. The molecule has 0 radical (unpaired) electrons. The van der Waals surface area contributed by atoms with Crippen molar-refractivity contribution in [3.05, 3.63) is 95.6 Å². The van der Waals surface area contributed by atoms with E-state index in [1.807, 2.05) is 10.5 Å². The minimum Gasteiger partial charge on any atom is -0.455 e. The number of benzene rings is 3. The van der Waals surface area contributed by atoms with E-state index in [-0.39, 0.29) is 33.5 Å². The summed E-state index contributed by atoms with van der Waals surface area (Å²) in [7, 11) is -1.08. The van der Waals surface area contributed by atoms with Crippen molar-refractivity contribution in [2.24, 2.45) is 0 Å². The van der Waals surface area contributed by atoms with E-state index < -0.39 is 33.4 Å². The van der Waals surface area contributed by atoms with Gasteiger partial charge in [0.05, 0.1) is 65.1 Å². The van der Waals surface area contributed by atoms with E-state index in [4.69, 9.17) is 19.1 Å². The van der Waals surface area contributed by atoms with Crippen molar-refractivity contribution in [1.29, 1.82) is 0 Å². The van der Waals surface area contributed by atoms with Crippen LogP contribution in [0.4, 0.5) is 18.9 Å². The van der Waals surface area contributed by atoms with Crippen LogP contribution in [-0.2, 0) is 21.3 Å². The van der Waals surface area contributed by atoms with Gasteiger partial charge in [-0.2, -0.15) is 0 Å². The molecule has 0 atom stereocenters. The zero-order valence-electron chi connectivity index (χ0n) is 28.2. The fraction of sp³-hybridized carbons (Fsp3) is 0.216. The van der Waals surface area contributed by atoms with Gasteiger partial charge in [-0.1, -0.05) is 6.07 Å². The molecule has 266 valence electrons. The number of aromatic nitrogens is 3. The van der Waals surface area contributed by atoms with Crippen LogP contribution in [0.3, 0.4) is 0 Å². The molecule has 1 N–H and O–H groups in total. The van der Waals surface area contributed by atoms with Crippen LogP contribution in [0.25, 0.3) is 61.0 Å². The van der Waals surface area contributed by atoms with Gasteiger partial charge in [0.25, 0.3) is 5.91 Å². The van der Waals surface area contributed by atoms with Gasteiger partial charge in [0, 0.05) is 55.7 Å². The lowest BCUT2D eigenvalue weighted by molar-refractivity contribution is 0.0330. The van der Waals surface area contributed by atoms with Crippen LogP contribution < -0.4 is 9.62 Å². The third-order valence-corrected chi connectivity index (χ3v) is 10.6. The number of ether oxygens (including phenoxy) is 1. The highest BCUT2D eigenvalue weighted by Gasteiger charge is 2.28. The van der Waals surface area contributed by atoms with E-state index in [0.717, 1.165) is 16.6 Å². The van der Waals surface area contributed by atoms with Gasteiger partial charge in [0.15, 0.2) is 5.76 Å². The third-order valence-electron chi connectivity index (χ3n) is 9.43. The highest BCUT2D eigenvalue weighted by Crippen LogP contribution is 2.42. The van der Waals surface area contributed by atoms with E-state index in [2.05, 4.69) is 10.2 Å². The molecule has 0 bridgehead atoms. The van der Waals surface area contributed by atoms with Crippen molar-refractivity contribution in [2.75, 3.05) is 51.0 Å². The van der Waals surface area contributed by atoms with Crippen LogP contribution in [0.2, 0.25) is 0 Å². The number of hydrogen-bond donors (Lipinski definition) is 1. The monoisotopic (exact) mass is 728 g/mol. The number of rotatable bonds is 7. The van der Waals surface area contributed by atoms with Crippen LogP contribution in [0.15, 0.2) is 71.1 Å². The summed E-state index contributed by atoms with van der Waals surface area (Å²) < 4.78 is 84.6. The number of morpholine rings is 1. The Morgan fingerprint density at radius 3 is 2.44 bits per heavy atom. The van der Waals surface area contributed by atoms with Gasteiger partial charge in [-0.05, 0) is 48.5 Å². The number of carbonyl (C=O) groups excluding carboxylic acids is 1. The van der Waals surface area contributed by atoms with Crippen molar-refractivity contribution in [3.63, 3.8) is 0 Å². The molecule has 1 aliphatic heterocycles. The number of hydrogen-bond acceptors (Lipinski definition) is 8. The third kappa shape index (κ3) is 5.61. The lowest BCUT2D eigenvalue weighted by Gasteiger charge is -2.26. The molecule has 0 unspecified atom stereocenters. The first-order valence-corrected chi connectivity index (χ1v) is 18.2. The minimum atomic E-state index is -3.85. The fourth-order valence-electron chi connectivity index (χ4n) is 6.77. The number of nitrogens with zero attached hydrogens (tertiary/aromatic N) is 5. The second-order valence-electron chi connectivity index (χ2n) is 12.6.